The fourth-order valence-corrected chi connectivity index (χ4v) is 9.24. The van der Waals surface area contributed by atoms with Crippen molar-refractivity contribution in [2.24, 2.45) is 5.41 Å². The van der Waals surface area contributed by atoms with Crippen LogP contribution in [-0.2, 0) is 14.4 Å². The fourth-order valence-electron chi connectivity index (χ4n) is 9.24. The highest BCUT2D eigenvalue weighted by atomic mass is 19.3. The number of carbonyl (C=O) groups is 4. The van der Waals surface area contributed by atoms with Gasteiger partial charge in [-0.1, -0.05) is 6.07 Å². The minimum absolute atomic E-state index is 0.105. The van der Waals surface area contributed by atoms with E-state index >= 15 is 4.39 Å². The van der Waals surface area contributed by atoms with E-state index in [9.17, 15) is 28.0 Å². The molecule has 60 heavy (non-hydrogen) atoms. The van der Waals surface area contributed by atoms with Crippen LogP contribution >= 0.6 is 0 Å². The van der Waals surface area contributed by atoms with Crippen LogP contribution in [0.25, 0.3) is 0 Å². The summed E-state index contributed by atoms with van der Waals surface area (Å²) >= 11 is 0. The van der Waals surface area contributed by atoms with Gasteiger partial charge in [-0.3, -0.25) is 34.8 Å². The van der Waals surface area contributed by atoms with Crippen LogP contribution in [0.1, 0.15) is 74.2 Å². The van der Waals surface area contributed by atoms with Gasteiger partial charge in [-0.05, 0) is 87.3 Å². The molecule has 8 rings (SSSR count). The van der Waals surface area contributed by atoms with Gasteiger partial charge in [-0.2, -0.15) is 13.8 Å². The van der Waals surface area contributed by atoms with Crippen LogP contribution in [0.2, 0.25) is 0 Å². The molecule has 18 heteroatoms. The van der Waals surface area contributed by atoms with E-state index in [1.165, 1.54) is 31.3 Å². The highest BCUT2D eigenvalue weighted by Gasteiger charge is 2.49. The van der Waals surface area contributed by atoms with E-state index in [0.717, 1.165) is 56.8 Å². The monoisotopic (exact) mass is 832 g/mol. The van der Waals surface area contributed by atoms with Gasteiger partial charge in [0.05, 0.1) is 37.1 Å². The van der Waals surface area contributed by atoms with Crippen LogP contribution < -0.4 is 35.5 Å². The third kappa shape index (κ3) is 8.06. The number of hydrogen-bond donors (Lipinski definition) is 3. The molecule has 3 aromatic rings. The van der Waals surface area contributed by atoms with E-state index in [1.54, 1.807) is 38.1 Å². The first-order valence-electron chi connectivity index (χ1n) is 20.6. The minimum Gasteiger partial charge on any atom is -0.495 e. The number of nitrogens with one attached hydrogen (secondary N) is 3. The number of methoxy groups -OCH3 is 1. The Kier molecular flexibility index (Phi) is 11.1. The molecule has 1 aromatic heterocycles. The number of nitrogens with zero attached hydrogens (tertiary/aromatic N) is 7. The predicted molar refractivity (Wildman–Crippen MR) is 218 cm³/mol. The molecule has 4 fully saturated rings. The molecule has 4 amide bonds. The number of piperidine rings is 3. The fraction of sp³-hybridized carbons (Fsp3) is 0.524. The number of hydrogen-bond acceptors (Lipinski definition) is 12. The lowest BCUT2D eigenvalue weighted by molar-refractivity contribution is -0.140. The maximum Gasteiger partial charge on any atom is 0.342 e. The van der Waals surface area contributed by atoms with Crippen LogP contribution in [-0.4, -0.2) is 121 Å². The number of aromatic nitrogens is 2. The van der Waals surface area contributed by atoms with Crippen LogP contribution in [0.3, 0.4) is 0 Å². The second-order valence-electron chi connectivity index (χ2n) is 17.0. The molecule has 320 valence electrons. The van der Waals surface area contributed by atoms with Crippen LogP contribution in [0.5, 0.6) is 5.75 Å². The number of fused-ring (bicyclic) bond motifs is 1. The summed E-state index contributed by atoms with van der Waals surface area (Å²) in [6.45, 7) is 7.62. The average Bonchev–Trinajstić information content (AvgIpc) is 3.28. The second-order valence-corrected chi connectivity index (χ2v) is 17.0. The Morgan fingerprint density at radius 2 is 1.70 bits per heavy atom. The number of carbonyl (C=O) groups excluding carboxylic acids is 4. The molecular formula is C42H51F3N10O5. The number of benzene rings is 2. The summed E-state index contributed by atoms with van der Waals surface area (Å²) in [6.07, 6.45) is 5.75. The number of hydrazine groups is 1. The Morgan fingerprint density at radius 3 is 2.37 bits per heavy atom. The average molecular weight is 833 g/mol. The maximum absolute atomic E-state index is 15.3. The molecule has 0 saturated carbocycles. The van der Waals surface area contributed by atoms with Gasteiger partial charge in [-0.15, -0.1) is 0 Å². The predicted octanol–water partition coefficient (Wildman–Crippen LogP) is 4.43. The van der Waals surface area contributed by atoms with Crippen molar-refractivity contribution in [3.8, 4) is 5.75 Å². The SMILES string of the molecule is COc1cc(C(=O)NN2CCC(N3CC4(CCN(c5ccc(C6CCC(=O)NC6=O)cc5F)CC4)C3)CC2)ccc1Nc1ncc2c(n1)N(C(C)C)CC(F)(F)C(=O)N2C. The lowest BCUT2D eigenvalue weighted by Gasteiger charge is -2.57. The lowest BCUT2D eigenvalue weighted by atomic mass is 9.71. The number of rotatable bonds is 9. The van der Waals surface area contributed by atoms with Crippen molar-refractivity contribution in [1.29, 1.82) is 0 Å². The van der Waals surface area contributed by atoms with Gasteiger partial charge in [-0.25, -0.2) is 14.4 Å². The Bertz CT molecular complexity index is 2170. The first kappa shape index (κ1) is 41.3. The van der Waals surface area contributed by atoms with Crippen molar-refractivity contribution in [3.63, 3.8) is 0 Å². The summed E-state index contributed by atoms with van der Waals surface area (Å²) in [5.41, 5.74) is 5.42. The highest BCUT2D eigenvalue weighted by molar-refractivity contribution is 6.02. The molecule has 1 atom stereocenters. The van der Waals surface area contributed by atoms with Gasteiger partial charge in [0.2, 0.25) is 17.8 Å². The molecule has 4 saturated heterocycles. The van der Waals surface area contributed by atoms with E-state index in [-0.39, 0.29) is 58.9 Å². The molecule has 15 nitrogen and oxygen atoms in total. The molecule has 3 N–H and O–H groups in total. The maximum atomic E-state index is 15.3. The normalized spacial score (nSPS) is 22.3. The summed E-state index contributed by atoms with van der Waals surface area (Å²) in [6, 6.07) is 9.99. The minimum atomic E-state index is -3.61. The van der Waals surface area contributed by atoms with Gasteiger partial charge < -0.3 is 24.8 Å². The van der Waals surface area contributed by atoms with Gasteiger partial charge in [0.15, 0.2) is 5.82 Å². The van der Waals surface area contributed by atoms with Gasteiger partial charge >= 0.3 is 5.92 Å². The first-order valence-corrected chi connectivity index (χ1v) is 20.6. The molecular weight excluding hydrogens is 782 g/mol. The molecule has 0 bridgehead atoms. The number of anilines is 5. The van der Waals surface area contributed by atoms with E-state index in [2.05, 4.69) is 35.8 Å². The van der Waals surface area contributed by atoms with Crippen molar-refractivity contribution in [3.05, 3.63) is 59.5 Å². The molecule has 5 aliphatic rings. The van der Waals surface area contributed by atoms with E-state index < -0.39 is 24.3 Å². The summed E-state index contributed by atoms with van der Waals surface area (Å²) in [7, 11) is 2.75. The number of ether oxygens (including phenoxy) is 1. The van der Waals surface area contributed by atoms with E-state index in [1.807, 2.05) is 11.1 Å². The largest absolute Gasteiger partial charge is 0.495 e. The lowest BCUT2D eigenvalue weighted by Crippen LogP contribution is -2.64. The summed E-state index contributed by atoms with van der Waals surface area (Å²) < 4.78 is 50.4. The van der Waals surface area contributed by atoms with E-state index in [0.29, 0.717) is 53.8 Å². The van der Waals surface area contributed by atoms with Gasteiger partial charge in [0.25, 0.3) is 11.8 Å². The number of halogens is 3. The summed E-state index contributed by atoms with van der Waals surface area (Å²) in [5, 5.41) is 7.37. The van der Waals surface area contributed by atoms with Gasteiger partial charge in [0, 0.05) is 70.4 Å². The molecule has 0 aliphatic carbocycles. The number of amides is 4. The zero-order chi connectivity index (χ0) is 42.5. The molecule has 6 heterocycles. The summed E-state index contributed by atoms with van der Waals surface area (Å²) in [5.74, 6) is -6.07. The third-order valence-corrected chi connectivity index (χ3v) is 12.8. The smallest absolute Gasteiger partial charge is 0.342 e. The Labute approximate surface area is 346 Å². The Balaban J connectivity index is 0.811. The number of alkyl halides is 2. The standard InChI is InChI=1S/C42H51F3N10O5/c1-25(2)55-24-42(44,45)39(59)51(3)33-21-46-40(49-36(33)55)47-31-8-5-27(20-34(31)60-4)37(57)50-54-15-11-28(12-16-54)53-22-41(23-53)13-17-52(18-14-41)32-9-6-26(19-30(32)43)29-7-10-35(56)48-38(29)58/h5-6,8-9,19-21,25,28-29H,7,10-18,22-24H2,1-4H3,(H,50,57)(H,46,47,49)(H,48,56,58). The molecule has 1 spiro atoms. The van der Waals surface area contributed by atoms with Gasteiger partial charge in [0.1, 0.15) is 17.3 Å². The Hall–Kier alpha value is -5.49. The number of imide groups is 1. The first-order chi connectivity index (χ1) is 28.6. The van der Waals surface area contributed by atoms with Crippen molar-refractivity contribution in [2.45, 2.75) is 76.3 Å². The topological polar surface area (TPSA) is 156 Å². The van der Waals surface area contributed by atoms with Crippen LogP contribution in [0.15, 0.2) is 42.6 Å². The molecule has 1 unspecified atom stereocenters. The van der Waals surface area contributed by atoms with Crippen LogP contribution in [0, 0.1) is 11.2 Å². The van der Waals surface area contributed by atoms with Crippen molar-refractivity contribution in [2.75, 3.05) is 80.0 Å². The molecule has 0 radical (unpaired) electrons. The summed E-state index contributed by atoms with van der Waals surface area (Å²) in [4.78, 5) is 65.4. The zero-order valence-corrected chi connectivity index (χ0v) is 34.3. The third-order valence-electron chi connectivity index (χ3n) is 12.8. The second kappa shape index (κ2) is 16.2. The highest BCUT2D eigenvalue weighted by Crippen LogP contribution is 2.44. The van der Waals surface area contributed by atoms with E-state index in [4.69, 9.17) is 4.74 Å². The quantitative estimate of drug-likeness (QED) is 0.262. The van der Waals surface area contributed by atoms with Crippen molar-refractivity contribution >= 4 is 52.5 Å². The van der Waals surface area contributed by atoms with Crippen LogP contribution in [0.4, 0.5) is 42.0 Å². The zero-order valence-electron chi connectivity index (χ0n) is 34.3. The molecule has 2 aromatic carbocycles. The van der Waals surface area contributed by atoms with Crippen molar-refractivity contribution in [1.82, 2.24) is 30.6 Å². The number of likely N-dealkylation sites (tertiary alicyclic amines) is 1. The Morgan fingerprint density at radius 1 is 0.967 bits per heavy atom. The molecule has 5 aliphatic heterocycles. The van der Waals surface area contributed by atoms with Crippen molar-refractivity contribution < 1.29 is 37.1 Å².